The number of benzene rings is 2. The fraction of sp³-hybridized carbons (Fsp3) is 0.273. The summed E-state index contributed by atoms with van der Waals surface area (Å²) in [6, 6.07) is 19.7. The molecule has 1 heterocycles. The second-order valence-electron chi connectivity index (χ2n) is 6.86. The predicted molar refractivity (Wildman–Crippen MR) is 98.3 cm³/mol. The number of rotatable bonds is 4. The molecule has 2 aromatic carbocycles. The smallest absolute Gasteiger partial charge is 0.234 e. The standard InChI is InChI=1S/C22H21NO3/c24-14-13-23-21(25)19-17(15-7-3-1-4-8-15)11-12-18(20(19)22(23)26)16-9-5-2-6-10-16/h1-12,17-20,24H,13-14H2/t17-,18-,19+,20+/m0/s1. The Morgan fingerprint density at radius 1 is 0.731 bits per heavy atom. The molecular formula is C22H21NO3. The number of carbonyl (C=O) groups excluding carboxylic acids is 2. The van der Waals surface area contributed by atoms with E-state index in [2.05, 4.69) is 12.2 Å². The lowest BCUT2D eigenvalue weighted by Gasteiger charge is -2.32. The van der Waals surface area contributed by atoms with Crippen molar-refractivity contribution >= 4 is 11.8 Å². The SMILES string of the molecule is O=C1[C@H]2[C@H](C(=O)N1CCO)[C@H](c1ccccc1)C=C[C@H]2c1ccccc1. The van der Waals surface area contributed by atoms with Gasteiger partial charge in [0, 0.05) is 11.8 Å². The van der Waals surface area contributed by atoms with Crippen LogP contribution in [0.15, 0.2) is 72.8 Å². The zero-order valence-electron chi connectivity index (χ0n) is 14.4. The molecule has 4 heteroatoms. The first-order valence-corrected chi connectivity index (χ1v) is 8.96. The number of aliphatic hydroxyl groups is 1. The van der Waals surface area contributed by atoms with Crippen LogP contribution in [0.2, 0.25) is 0 Å². The van der Waals surface area contributed by atoms with E-state index >= 15 is 0 Å². The summed E-state index contributed by atoms with van der Waals surface area (Å²) >= 11 is 0. The van der Waals surface area contributed by atoms with E-state index in [1.807, 2.05) is 60.7 Å². The number of hydrogen-bond acceptors (Lipinski definition) is 3. The number of β-amino-alcohol motifs (C(OH)–C–C–N with tert-alkyl or cyclic N) is 1. The molecule has 0 aromatic heterocycles. The summed E-state index contributed by atoms with van der Waals surface area (Å²) < 4.78 is 0. The molecule has 2 aliphatic rings. The van der Waals surface area contributed by atoms with Crippen LogP contribution in [0.3, 0.4) is 0 Å². The summed E-state index contributed by atoms with van der Waals surface area (Å²) in [4.78, 5) is 27.4. The molecule has 1 saturated heterocycles. The van der Waals surface area contributed by atoms with Gasteiger partial charge in [-0.1, -0.05) is 72.8 Å². The first-order valence-electron chi connectivity index (χ1n) is 8.96. The highest BCUT2D eigenvalue weighted by atomic mass is 16.3. The van der Waals surface area contributed by atoms with Crippen LogP contribution in [0.1, 0.15) is 23.0 Å². The van der Waals surface area contributed by atoms with Crippen molar-refractivity contribution in [1.29, 1.82) is 0 Å². The molecule has 0 radical (unpaired) electrons. The van der Waals surface area contributed by atoms with Crippen LogP contribution < -0.4 is 0 Å². The van der Waals surface area contributed by atoms with Crippen LogP contribution in [-0.4, -0.2) is 35.0 Å². The maximum absolute atomic E-state index is 13.1. The van der Waals surface area contributed by atoms with Gasteiger partial charge in [-0.15, -0.1) is 0 Å². The predicted octanol–water partition coefficient (Wildman–Crippen LogP) is 2.72. The van der Waals surface area contributed by atoms with E-state index in [4.69, 9.17) is 0 Å². The van der Waals surface area contributed by atoms with Crippen molar-refractivity contribution < 1.29 is 14.7 Å². The molecular weight excluding hydrogens is 326 g/mol. The molecule has 26 heavy (non-hydrogen) atoms. The Bertz CT molecular complexity index is 763. The zero-order valence-corrected chi connectivity index (χ0v) is 14.4. The molecule has 1 fully saturated rings. The summed E-state index contributed by atoms with van der Waals surface area (Å²) in [7, 11) is 0. The van der Waals surface area contributed by atoms with Crippen molar-refractivity contribution in [3.8, 4) is 0 Å². The number of amides is 2. The normalized spacial score (nSPS) is 27.7. The summed E-state index contributed by atoms with van der Waals surface area (Å²) in [6.07, 6.45) is 4.14. The molecule has 4 rings (SSSR count). The van der Waals surface area contributed by atoms with E-state index in [0.717, 1.165) is 11.1 Å². The Hall–Kier alpha value is -2.72. The average molecular weight is 347 g/mol. The lowest BCUT2D eigenvalue weighted by molar-refractivity contribution is -0.140. The largest absolute Gasteiger partial charge is 0.395 e. The Kier molecular flexibility index (Phi) is 4.43. The van der Waals surface area contributed by atoms with Gasteiger partial charge in [-0.25, -0.2) is 0 Å². The third-order valence-corrected chi connectivity index (χ3v) is 5.48. The summed E-state index contributed by atoms with van der Waals surface area (Å²) in [6.45, 7) is -0.149. The van der Waals surface area contributed by atoms with E-state index in [1.165, 1.54) is 4.90 Å². The molecule has 132 valence electrons. The van der Waals surface area contributed by atoms with Crippen molar-refractivity contribution in [2.45, 2.75) is 11.8 Å². The zero-order chi connectivity index (χ0) is 18.1. The van der Waals surface area contributed by atoms with Crippen molar-refractivity contribution in [2.24, 2.45) is 11.8 Å². The lowest BCUT2D eigenvalue weighted by Crippen LogP contribution is -2.34. The van der Waals surface area contributed by atoms with Gasteiger partial charge in [-0.3, -0.25) is 14.5 Å². The minimum atomic E-state index is -0.424. The van der Waals surface area contributed by atoms with E-state index < -0.39 is 11.8 Å². The van der Waals surface area contributed by atoms with Crippen LogP contribution >= 0.6 is 0 Å². The monoisotopic (exact) mass is 347 g/mol. The molecule has 4 nitrogen and oxygen atoms in total. The number of carbonyl (C=O) groups is 2. The molecule has 1 aliphatic heterocycles. The van der Waals surface area contributed by atoms with Gasteiger partial charge in [-0.05, 0) is 11.1 Å². The Morgan fingerprint density at radius 3 is 1.54 bits per heavy atom. The number of likely N-dealkylation sites (tertiary alicyclic amines) is 1. The number of nitrogens with zero attached hydrogens (tertiary/aromatic N) is 1. The van der Waals surface area contributed by atoms with Gasteiger partial charge < -0.3 is 5.11 Å². The fourth-order valence-corrected chi connectivity index (χ4v) is 4.32. The van der Waals surface area contributed by atoms with Gasteiger partial charge in [-0.2, -0.15) is 0 Å². The maximum Gasteiger partial charge on any atom is 0.234 e. The Morgan fingerprint density at radius 2 is 1.15 bits per heavy atom. The molecule has 2 aromatic rings. The number of hydrogen-bond donors (Lipinski definition) is 1. The van der Waals surface area contributed by atoms with Crippen LogP contribution in [0.4, 0.5) is 0 Å². The lowest BCUT2D eigenvalue weighted by atomic mass is 9.68. The summed E-state index contributed by atoms with van der Waals surface area (Å²) in [5.74, 6) is -1.44. The van der Waals surface area contributed by atoms with Gasteiger partial charge in [0.1, 0.15) is 0 Å². The van der Waals surface area contributed by atoms with Gasteiger partial charge >= 0.3 is 0 Å². The summed E-state index contributed by atoms with van der Waals surface area (Å²) in [5, 5.41) is 9.30. The molecule has 0 spiro atoms. The van der Waals surface area contributed by atoms with Gasteiger partial charge in [0.15, 0.2) is 0 Å². The van der Waals surface area contributed by atoms with Gasteiger partial charge in [0.25, 0.3) is 0 Å². The highest BCUT2D eigenvalue weighted by Gasteiger charge is 2.54. The van der Waals surface area contributed by atoms with E-state index in [-0.39, 0.29) is 36.8 Å². The molecule has 0 bridgehead atoms. The average Bonchev–Trinajstić information content (AvgIpc) is 2.95. The van der Waals surface area contributed by atoms with E-state index in [1.54, 1.807) is 0 Å². The molecule has 2 amide bonds. The summed E-state index contributed by atoms with van der Waals surface area (Å²) in [5.41, 5.74) is 2.08. The van der Waals surface area contributed by atoms with Crippen molar-refractivity contribution in [3.63, 3.8) is 0 Å². The van der Waals surface area contributed by atoms with E-state index in [0.29, 0.717) is 0 Å². The van der Waals surface area contributed by atoms with Gasteiger partial charge in [0.05, 0.1) is 25.0 Å². The van der Waals surface area contributed by atoms with Crippen molar-refractivity contribution in [1.82, 2.24) is 4.90 Å². The van der Waals surface area contributed by atoms with Crippen molar-refractivity contribution in [3.05, 3.63) is 83.9 Å². The molecule has 0 unspecified atom stereocenters. The van der Waals surface area contributed by atoms with Crippen molar-refractivity contribution in [2.75, 3.05) is 13.2 Å². The quantitative estimate of drug-likeness (QED) is 0.683. The number of imide groups is 1. The second-order valence-corrected chi connectivity index (χ2v) is 6.86. The number of aliphatic hydroxyl groups excluding tert-OH is 1. The highest BCUT2D eigenvalue weighted by Crippen LogP contribution is 2.49. The Balaban J connectivity index is 1.80. The first kappa shape index (κ1) is 16.7. The third kappa shape index (κ3) is 2.67. The number of allylic oxidation sites excluding steroid dienone is 2. The minimum Gasteiger partial charge on any atom is -0.395 e. The van der Waals surface area contributed by atoms with Crippen LogP contribution in [0.5, 0.6) is 0 Å². The minimum absolute atomic E-state index is 0.0632. The molecule has 4 atom stereocenters. The first-order chi connectivity index (χ1) is 12.7. The highest BCUT2D eigenvalue weighted by molar-refractivity contribution is 6.06. The number of fused-ring (bicyclic) bond motifs is 1. The molecule has 1 aliphatic carbocycles. The maximum atomic E-state index is 13.1. The molecule has 1 N–H and O–H groups in total. The van der Waals surface area contributed by atoms with Crippen LogP contribution in [0.25, 0.3) is 0 Å². The third-order valence-electron chi connectivity index (χ3n) is 5.48. The topological polar surface area (TPSA) is 57.6 Å². The Labute approximate surface area is 152 Å². The second kappa shape index (κ2) is 6.89. The van der Waals surface area contributed by atoms with Gasteiger partial charge in [0.2, 0.25) is 11.8 Å². The fourth-order valence-electron chi connectivity index (χ4n) is 4.32. The van der Waals surface area contributed by atoms with E-state index in [9.17, 15) is 14.7 Å². The van der Waals surface area contributed by atoms with Crippen LogP contribution in [0, 0.1) is 11.8 Å². The molecule has 0 saturated carbocycles. The van der Waals surface area contributed by atoms with Crippen LogP contribution in [-0.2, 0) is 9.59 Å².